The van der Waals surface area contributed by atoms with Gasteiger partial charge >= 0.3 is 6.18 Å². The minimum absolute atomic E-state index is 0.0783. The molecule has 0 saturated heterocycles. The van der Waals surface area contributed by atoms with E-state index in [0.29, 0.717) is 23.2 Å². The van der Waals surface area contributed by atoms with Gasteiger partial charge in [0.05, 0.1) is 11.3 Å². The summed E-state index contributed by atoms with van der Waals surface area (Å²) < 4.78 is 39.8. The van der Waals surface area contributed by atoms with Crippen molar-refractivity contribution >= 4 is 5.65 Å². The maximum Gasteiger partial charge on any atom is 0.416 e. The number of nitriles is 1. The van der Waals surface area contributed by atoms with E-state index in [4.69, 9.17) is 5.26 Å². The second-order valence-corrected chi connectivity index (χ2v) is 5.53. The third kappa shape index (κ3) is 3.01. The van der Waals surface area contributed by atoms with Crippen LogP contribution in [0.4, 0.5) is 13.2 Å². The minimum atomic E-state index is -4.44. The minimum Gasteiger partial charge on any atom is -0.295 e. The number of fused-ring (bicyclic) bond motifs is 1. The molecule has 3 rings (SSSR count). The summed E-state index contributed by atoms with van der Waals surface area (Å²) in [6.45, 7) is 1.77. The Morgan fingerprint density at radius 1 is 1.36 bits per heavy atom. The van der Waals surface area contributed by atoms with E-state index in [9.17, 15) is 18.0 Å². The number of hydrogen-bond donors (Lipinski definition) is 1. The highest BCUT2D eigenvalue weighted by Gasteiger charge is 2.30. The van der Waals surface area contributed by atoms with Crippen LogP contribution in [0, 0.1) is 11.3 Å². The fraction of sp³-hybridized carbons (Fsp3) is 0.235. The zero-order valence-corrected chi connectivity index (χ0v) is 13.2. The summed E-state index contributed by atoms with van der Waals surface area (Å²) in [5.74, 6) is 0. The third-order valence-electron chi connectivity index (χ3n) is 3.94. The molecule has 1 aromatic carbocycles. The average molecular weight is 346 g/mol. The van der Waals surface area contributed by atoms with E-state index in [1.54, 1.807) is 13.0 Å². The number of alkyl halides is 3. The van der Waals surface area contributed by atoms with E-state index < -0.39 is 11.7 Å². The Balaban J connectivity index is 2.13. The predicted octanol–water partition coefficient (Wildman–Crippen LogP) is 3.07. The van der Waals surface area contributed by atoms with Crippen LogP contribution in [-0.4, -0.2) is 14.6 Å². The monoisotopic (exact) mass is 346 g/mol. The number of aromatic nitrogens is 3. The fourth-order valence-electron chi connectivity index (χ4n) is 2.73. The number of aromatic amines is 1. The predicted molar refractivity (Wildman–Crippen MR) is 84.2 cm³/mol. The van der Waals surface area contributed by atoms with E-state index in [2.05, 4.69) is 10.1 Å². The van der Waals surface area contributed by atoms with Gasteiger partial charge in [0.25, 0.3) is 5.56 Å². The largest absolute Gasteiger partial charge is 0.416 e. The Labute approximate surface area is 140 Å². The lowest BCUT2D eigenvalue weighted by Crippen LogP contribution is -2.22. The van der Waals surface area contributed by atoms with Crippen LogP contribution in [0.25, 0.3) is 5.65 Å². The third-order valence-corrected chi connectivity index (χ3v) is 3.94. The maximum absolute atomic E-state index is 12.9. The molecule has 5 nitrogen and oxygen atoms in total. The smallest absolute Gasteiger partial charge is 0.295 e. The van der Waals surface area contributed by atoms with Crippen molar-refractivity contribution in [1.29, 1.82) is 5.26 Å². The molecule has 25 heavy (non-hydrogen) atoms. The van der Waals surface area contributed by atoms with Gasteiger partial charge in [-0.1, -0.05) is 25.1 Å². The van der Waals surface area contributed by atoms with Crippen molar-refractivity contribution in [2.24, 2.45) is 0 Å². The number of rotatable bonds is 3. The Bertz CT molecular complexity index is 1040. The van der Waals surface area contributed by atoms with Gasteiger partial charge in [-0.05, 0) is 18.1 Å². The first-order chi connectivity index (χ1) is 11.8. The van der Waals surface area contributed by atoms with Crippen LogP contribution in [0.1, 0.15) is 34.9 Å². The summed E-state index contributed by atoms with van der Waals surface area (Å²) in [6, 6.07) is 6.86. The van der Waals surface area contributed by atoms with Gasteiger partial charge in [-0.15, -0.1) is 0 Å². The zero-order valence-electron chi connectivity index (χ0n) is 13.2. The van der Waals surface area contributed by atoms with Crippen LogP contribution in [0.5, 0.6) is 0 Å². The van der Waals surface area contributed by atoms with Crippen LogP contribution in [0.3, 0.4) is 0 Å². The molecule has 0 bridgehead atoms. The van der Waals surface area contributed by atoms with Gasteiger partial charge < -0.3 is 0 Å². The Morgan fingerprint density at radius 3 is 2.76 bits per heavy atom. The number of hydrogen-bond acceptors (Lipinski definition) is 3. The van der Waals surface area contributed by atoms with Crippen LogP contribution in [0.15, 0.2) is 35.3 Å². The summed E-state index contributed by atoms with van der Waals surface area (Å²) in [5, 5.41) is 11.8. The van der Waals surface area contributed by atoms with Crippen LogP contribution in [0.2, 0.25) is 0 Å². The summed E-state index contributed by atoms with van der Waals surface area (Å²) in [7, 11) is 0. The van der Waals surface area contributed by atoms with Crippen LogP contribution < -0.4 is 5.56 Å². The van der Waals surface area contributed by atoms with E-state index in [1.165, 1.54) is 16.8 Å². The molecule has 3 aromatic rings. The topological polar surface area (TPSA) is 73.9 Å². The van der Waals surface area contributed by atoms with Gasteiger partial charge in [0.1, 0.15) is 11.6 Å². The number of benzene rings is 1. The molecule has 2 aromatic heterocycles. The van der Waals surface area contributed by atoms with Crippen molar-refractivity contribution in [3.05, 3.63) is 68.8 Å². The van der Waals surface area contributed by atoms with E-state index in [1.807, 2.05) is 6.07 Å². The number of H-pyrrole nitrogens is 1. The van der Waals surface area contributed by atoms with Crippen molar-refractivity contribution in [2.45, 2.75) is 25.9 Å². The summed E-state index contributed by atoms with van der Waals surface area (Å²) >= 11 is 0. The Kier molecular flexibility index (Phi) is 4.08. The first kappa shape index (κ1) is 16.8. The lowest BCUT2D eigenvalue weighted by atomic mass is 10.0. The summed E-state index contributed by atoms with van der Waals surface area (Å²) in [6.07, 6.45) is -2.61. The standard InChI is InChI=1S/C17H13F3N4O/c1-2-13-14(7-10-4-3-5-12(6-10)17(18,19)20)23-15-11(8-21)9-22-24(15)16(13)25/h3-6,9,22H,2,7H2,1H3. The molecule has 0 saturated carbocycles. The number of halogens is 3. The van der Waals surface area contributed by atoms with Crippen LogP contribution in [-0.2, 0) is 19.0 Å². The molecule has 0 aliphatic rings. The van der Waals surface area contributed by atoms with E-state index in [0.717, 1.165) is 12.1 Å². The lowest BCUT2D eigenvalue weighted by molar-refractivity contribution is -0.137. The lowest BCUT2D eigenvalue weighted by Gasteiger charge is -2.10. The van der Waals surface area contributed by atoms with Crippen molar-refractivity contribution in [1.82, 2.24) is 14.6 Å². The highest BCUT2D eigenvalue weighted by atomic mass is 19.4. The van der Waals surface area contributed by atoms with Gasteiger partial charge in [0.2, 0.25) is 0 Å². The molecule has 0 unspecified atom stereocenters. The maximum atomic E-state index is 12.9. The first-order valence-electron chi connectivity index (χ1n) is 7.53. The molecule has 0 atom stereocenters. The first-order valence-corrected chi connectivity index (χ1v) is 7.53. The van der Waals surface area contributed by atoms with Gasteiger partial charge in [-0.2, -0.15) is 18.4 Å². The average Bonchev–Trinajstić information content (AvgIpc) is 2.98. The van der Waals surface area contributed by atoms with Gasteiger partial charge in [-0.3, -0.25) is 9.89 Å². The van der Waals surface area contributed by atoms with Crippen molar-refractivity contribution < 1.29 is 13.2 Å². The second kappa shape index (κ2) is 6.09. The van der Waals surface area contributed by atoms with E-state index >= 15 is 0 Å². The SMILES string of the molecule is CCc1c(Cc2cccc(C(F)(F)F)c2)nc2c(C#N)c[nH]n2c1=O. The molecule has 0 amide bonds. The zero-order chi connectivity index (χ0) is 18.2. The van der Waals surface area contributed by atoms with Crippen molar-refractivity contribution in [3.63, 3.8) is 0 Å². The molecule has 8 heteroatoms. The van der Waals surface area contributed by atoms with Gasteiger partial charge in [-0.25, -0.2) is 9.50 Å². The van der Waals surface area contributed by atoms with Gasteiger partial charge in [0.15, 0.2) is 5.65 Å². The highest BCUT2D eigenvalue weighted by Crippen LogP contribution is 2.30. The molecule has 0 radical (unpaired) electrons. The van der Waals surface area contributed by atoms with Crippen molar-refractivity contribution in [2.75, 3.05) is 0 Å². The van der Waals surface area contributed by atoms with Crippen LogP contribution >= 0.6 is 0 Å². The molecule has 128 valence electrons. The summed E-state index contributed by atoms with van der Waals surface area (Å²) in [4.78, 5) is 16.9. The molecular weight excluding hydrogens is 333 g/mol. The second-order valence-electron chi connectivity index (χ2n) is 5.53. The molecular formula is C17H13F3N4O. The number of nitrogens with zero attached hydrogens (tertiary/aromatic N) is 3. The fourth-order valence-corrected chi connectivity index (χ4v) is 2.73. The van der Waals surface area contributed by atoms with Gasteiger partial charge in [0, 0.05) is 18.2 Å². The number of nitrogens with one attached hydrogen (secondary N) is 1. The molecule has 1 N–H and O–H groups in total. The normalized spacial score (nSPS) is 11.6. The molecule has 2 heterocycles. The Hall–Kier alpha value is -3.08. The Morgan fingerprint density at radius 2 is 2.12 bits per heavy atom. The van der Waals surface area contributed by atoms with Crippen molar-refractivity contribution in [3.8, 4) is 6.07 Å². The molecule has 0 fully saturated rings. The molecule has 0 spiro atoms. The quantitative estimate of drug-likeness (QED) is 0.792. The van der Waals surface area contributed by atoms with E-state index in [-0.39, 0.29) is 23.2 Å². The highest BCUT2D eigenvalue weighted by molar-refractivity contribution is 5.54. The molecule has 0 aliphatic heterocycles. The molecule has 0 aliphatic carbocycles. The summed E-state index contributed by atoms with van der Waals surface area (Å²) in [5.41, 5.74) is 0.451.